The van der Waals surface area contributed by atoms with Gasteiger partial charge in [-0.05, 0) is 18.2 Å². The van der Waals surface area contributed by atoms with Crippen LogP contribution in [0.25, 0.3) is 0 Å². The third-order valence-electron chi connectivity index (χ3n) is 4.33. The number of hydrogen-bond donors (Lipinski definition) is 0. The summed E-state index contributed by atoms with van der Waals surface area (Å²) >= 11 is 0. The molecule has 1 amide bonds. The lowest BCUT2D eigenvalue weighted by atomic mass is 10.1. The number of ether oxygens (including phenoxy) is 1. The topological polar surface area (TPSA) is 63.5 Å². The largest absolute Gasteiger partial charge is 0.371 e. The predicted molar refractivity (Wildman–Crippen MR) is 93.6 cm³/mol. The van der Waals surface area contributed by atoms with Crippen LogP contribution in [0.2, 0.25) is 0 Å². The molecule has 0 saturated carbocycles. The molecule has 0 aliphatic carbocycles. The molecule has 25 heavy (non-hydrogen) atoms. The SMILES string of the molecule is CN(C)C(=O)COC[C@H]1CN(Cc2ccccn2)Cc2ccnn2C1. The van der Waals surface area contributed by atoms with Gasteiger partial charge in [-0.1, -0.05) is 6.07 Å². The van der Waals surface area contributed by atoms with Gasteiger partial charge in [0.2, 0.25) is 5.91 Å². The number of amides is 1. The first-order valence-electron chi connectivity index (χ1n) is 8.52. The molecule has 0 unspecified atom stereocenters. The Morgan fingerprint density at radius 2 is 2.16 bits per heavy atom. The number of rotatable bonds is 6. The molecule has 1 aliphatic rings. The molecule has 2 aromatic heterocycles. The Balaban J connectivity index is 1.63. The predicted octanol–water partition coefficient (Wildman–Crippen LogP) is 1.01. The minimum atomic E-state index is -0.0151. The summed E-state index contributed by atoms with van der Waals surface area (Å²) in [7, 11) is 3.48. The average molecular weight is 343 g/mol. The molecule has 134 valence electrons. The number of carbonyl (C=O) groups is 1. The van der Waals surface area contributed by atoms with Gasteiger partial charge < -0.3 is 9.64 Å². The lowest BCUT2D eigenvalue weighted by molar-refractivity contribution is -0.134. The van der Waals surface area contributed by atoms with Gasteiger partial charge in [0.05, 0.1) is 18.0 Å². The number of likely N-dealkylation sites (N-methyl/N-ethyl adjacent to an activating group) is 1. The summed E-state index contributed by atoms with van der Waals surface area (Å²) in [6.45, 7) is 3.98. The highest BCUT2D eigenvalue weighted by Gasteiger charge is 2.23. The second kappa shape index (κ2) is 8.22. The van der Waals surface area contributed by atoms with Gasteiger partial charge in [-0.15, -0.1) is 0 Å². The molecule has 0 aromatic carbocycles. The van der Waals surface area contributed by atoms with Crippen LogP contribution in [0.15, 0.2) is 36.7 Å². The van der Waals surface area contributed by atoms with Gasteiger partial charge >= 0.3 is 0 Å². The van der Waals surface area contributed by atoms with Gasteiger partial charge in [0.15, 0.2) is 0 Å². The number of carbonyl (C=O) groups excluding carboxylic acids is 1. The van der Waals surface area contributed by atoms with Gasteiger partial charge in [0, 0.05) is 58.6 Å². The standard InChI is InChI=1S/C18H25N5O2/c1-21(2)18(24)14-25-13-15-9-22(11-16-5-3-4-7-19-16)12-17-6-8-20-23(17)10-15/h3-8,15H,9-14H2,1-2H3/t15-/m0/s1. The maximum Gasteiger partial charge on any atom is 0.248 e. The Morgan fingerprint density at radius 1 is 1.28 bits per heavy atom. The van der Waals surface area contributed by atoms with Crippen LogP contribution in [0.4, 0.5) is 0 Å². The van der Waals surface area contributed by atoms with Crippen molar-refractivity contribution in [3.63, 3.8) is 0 Å². The Labute approximate surface area is 148 Å². The zero-order valence-corrected chi connectivity index (χ0v) is 14.8. The molecule has 0 fully saturated rings. The maximum atomic E-state index is 11.7. The zero-order valence-electron chi connectivity index (χ0n) is 14.8. The molecule has 7 heteroatoms. The maximum absolute atomic E-state index is 11.7. The summed E-state index contributed by atoms with van der Waals surface area (Å²) in [6, 6.07) is 8.05. The fourth-order valence-electron chi connectivity index (χ4n) is 3.01. The van der Waals surface area contributed by atoms with Gasteiger partial charge in [0.1, 0.15) is 6.61 Å². The number of pyridine rings is 1. The highest BCUT2D eigenvalue weighted by Crippen LogP contribution is 2.18. The van der Waals surface area contributed by atoms with E-state index in [-0.39, 0.29) is 18.4 Å². The third-order valence-corrected chi connectivity index (χ3v) is 4.33. The van der Waals surface area contributed by atoms with Crippen molar-refractivity contribution >= 4 is 5.91 Å². The van der Waals surface area contributed by atoms with Crippen molar-refractivity contribution < 1.29 is 9.53 Å². The van der Waals surface area contributed by atoms with E-state index in [1.165, 1.54) is 5.69 Å². The highest BCUT2D eigenvalue weighted by molar-refractivity contribution is 5.76. The van der Waals surface area contributed by atoms with E-state index in [1.807, 2.05) is 35.3 Å². The molecule has 0 spiro atoms. The summed E-state index contributed by atoms with van der Waals surface area (Å²) < 4.78 is 7.71. The number of hydrogen-bond acceptors (Lipinski definition) is 5. The second-order valence-corrected chi connectivity index (χ2v) is 6.66. The van der Waals surface area contributed by atoms with Crippen molar-refractivity contribution in [2.75, 3.05) is 33.9 Å². The molecule has 0 radical (unpaired) electrons. The molecule has 0 saturated heterocycles. The van der Waals surface area contributed by atoms with E-state index in [9.17, 15) is 4.79 Å². The minimum absolute atomic E-state index is 0.0151. The van der Waals surface area contributed by atoms with Crippen molar-refractivity contribution in [2.45, 2.75) is 19.6 Å². The minimum Gasteiger partial charge on any atom is -0.371 e. The molecule has 3 rings (SSSR count). The zero-order chi connectivity index (χ0) is 17.6. The van der Waals surface area contributed by atoms with Crippen LogP contribution in [0.5, 0.6) is 0 Å². The molecule has 0 bridgehead atoms. The normalized spacial score (nSPS) is 17.8. The summed E-state index contributed by atoms with van der Waals surface area (Å²) in [5.74, 6) is 0.263. The van der Waals surface area contributed by atoms with Crippen LogP contribution in [0, 0.1) is 5.92 Å². The molecule has 3 heterocycles. The Bertz CT molecular complexity index is 686. The first kappa shape index (κ1) is 17.6. The average Bonchev–Trinajstić information content (AvgIpc) is 2.95. The van der Waals surface area contributed by atoms with Crippen molar-refractivity contribution in [2.24, 2.45) is 5.92 Å². The van der Waals surface area contributed by atoms with Gasteiger partial charge in [-0.3, -0.25) is 19.4 Å². The lowest BCUT2D eigenvalue weighted by Crippen LogP contribution is -2.32. The van der Waals surface area contributed by atoms with Crippen LogP contribution in [-0.4, -0.2) is 64.3 Å². The van der Waals surface area contributed by atoms with E-state index in [4.69, 9.17) is 4.74 Å². The molecule has 7 nitrogen and oxygen atoms in total. The van der Waals surface area contributed by atoms with Crippen LogP contribution in [-0.2, 0) is 29.2 Å². The van der Waals surface area contributed by atoms with E-state index in [1.54, 1.807) is 19.0 Å². The fourth-order valence-corrected chi connectivity index (χ4v) is 3.01. The van der Waals surface area contributed by atoms with Crippen molar-refractivity contribution in [1.82, 2.24) is 24.6 Å². The Hall–Kier alpha value is -2.25. The first-order chi connectivity index (χ1) is 12.1. The van der Waals surface area contributed by atoms with E-state index in [0.717, 1.165) is 31.9 Å². The lowest BCUT2D eigenvalue weighted by Gasteiger charge is -2.23. The summed E-state index contributed by atoms with van der Waals surface area (Å²) in [6.07, 6.45) is 3.66. The van der Waals surface area contributed by atoms with E-state index < -0.39 is 0 Å². The van der Waals surface area contributed by atoms with Gasteiger partial charge in [-0.2, -0.15) is 5.10 Å². The smallest absolute Gasteiger partial charge is 0.248 e. The van der Waals surface area contributed by atoms with E-state index in [2.05, 4.69) is 21.0 Å². The van der Waals surface area contributed by atoms with Crippen LogP contribution < -0.4 is 0 Å². The molecule has 2 aromatic rings. The molecule has 1 aliphatic heterocycles. The van der Waals surface area contributed by atoms with Crippen molar-refractivity contribution in [3.05, 3.63) is 48.0 Å². The van der Waals surface area contributed by atoms with Crippen LogP contribution in [0.1, 0.15) is 11.4 Å². The van der Waals surface area contributed by atoms with Crippen LogP contribution >= 0.6 is 0 Å². The second-order valence-electron chi connectivity index (χ2n) is 6.66. The summed E-state index contributed by atoms with van der Waals surface area (Å²) in [5, 5.41) is 4.42. The van der Waals surface area contributed by atoms with Gasteiger partial charge in [-0.25, -0.2) is 0 Å². The quantitative estimate of drug-likeness (QED) is 0.783. The third kappa shape index (κ3) is 4.87. The highest BCUT2D eigenvalue weighted by atomic mass is 16.5. The Morgan fingerprint density at radius 3 is 2.92 bits per heavy atom. The monoisotopic (exact) mass is 343 g/mol. The summed E-state index contributed by atoms with van der Waals surface area (Å²) in [4.78, 5) is 20.0. The van der Waals surface area contributed by atoms with E-state index >= 15 is 0 Å². The van der Waals surface area contributed by atoms with Crippen LogP contribution in [0.3, 0.4) is 0 Å². The molecule has 0 N–H and O–H groups in total. The Kier molecular flexibility index (Phi) is 5.78. The molecular formula is C18H25N5O2. The van der Waals surface area contributed by atoms with E-state index in [0.29, 0.717) is 6.61 Å². The molecule has 1 atom stereocenters. The first-order valence-corrected chi connectivity index (χ1v) is 8.52. The van der Waals surface area contributed by atoms with Gasteiger partial charge in [0.25, 0.3) is 0 Å². The summed E-state index contributed by atoms with van der Waals surface area (Å²) in [5.41, 5.74) is 2.25. The number of aromatic nitrogens is 3. The number of fused-ring (bicyclic) bond motifs is 1. The van der Waals surface area contributed by atoms with Crippen molar-refractivity contribution in [3.8, 4) is 0 Å². The number of nitrogens with zero attached hydrogens (tertiary/aromatic N) is 5. The fraction of sp³-hybridized carbons (Fsp3) is 0.500. The van der Waals surface area contributed by atoms with Crippen molar-refractivity contribution in [1.29, 1.82) is 0 Å². The molecular weight excluding hydrogens is 318 g/mol.